The van der Waals surface area contributed by atoms with Crippen molar-refractivity contribution in [2.75, 3.05) is 37.7 Å². The highest BCUT2D eigenvalue weighted by atomic mass is 35.5. The lowest BCUT2D eigenvalue weighted by Gasteiger charge is -2.34. The molecule has 1 atom stereocenters. The number of carbonyl (C=O) groups excluding carboxylic acids is 1. The Labute approximate surface area is 184 Å². The molecule has 6 heteroatoms. The molecule has 2 fully saturated rings. The molecule has 0 bridgehead atoms. The predicted molar refractivity (Wildman–Crippen MR) is 123 cm³/mol. The van der Waals surface area contributed by atoms with Gasteiger partial charge in [0.05, 0.1) is 23.7 Å². The SMILES string of the molecule is CC.NC1CCN(c2ccc(C(=O)N3CCOC(c4ccccc4)C3)c(Cl)c2)CC1. The van der Waals surface area contributed by atoms with Crippen LogP contribution in [0.25, 0.3) is 0 Å². The number of piperidine rings is 1. The molecular weight excluding hydrogens is 398 g/mol. The fourth-order valence-corrected chi connectivity index (χ4v) is 4.16. The standard InChI is InChI=1S/C22H26ClN3O2.C2H6/c23-20-14-18(25-10-8-17(24)9-11-25)6-7-19(20)22(27)26-12-13-28-21(15-26)16-4-2-1-3-5-16;1-2/h1-7,14,17,21H,8-13,15,24H2;1-2H3. The molecule has 1 amide bonds. The van der Waals surface area contributed by atoms with E-state index in [9.17, 15) is 4.79 Å². The largest absolute Gasteiger partial charge is 0.371 e. The van der Waals surface area contributed by atoms with Crippen LogP contribution in [0.2, 0.25) is 5.02 Å². The molecule has 0 spiro atoms. The van der Waals surface area contributed by atoms with E-state index in [-0.39, 0.29) is 18.1 Å². The highest BCUT2D eigenvalue weighted by Crippen LogP contribution is 2.29. The number of anilines is 1. The van der Waals surface area contributed by atoms with E-state index in [0.717, 1.165) is 37.2 Å². The molecule has 30 heavy (non-hydrogen) atoms. The van der Waals surface area contributed by atoms with Crippen molar-refractivity contribution in [2.45, 2.75) is 38.8 Å². The van der Waals surface area contributed by atoms with Crippen molar-refractivity contribution in [3.8, 4) is 0 Å². The number of carbonyl (C=O) groups is 1. The Kier molecular flexibility index (Phi) is 8.14. The zero-order chi connectivity index (χ0) is 21.5. The molecule has 2 aromatic rings. The van der Waals surface area contributed by atoms with Gasteiger partial charge < -0.3 is 20.3 Å². The summed E-state index contributed by atoms with van der Waals surface area (Å²) in [5.74, 6) is -0.0403. The minimum absolute atomic E-state index is 0.0403. The number of hydrogen-bond acceptors (Lipinski definition) is 4. The first kappa shape index (κ1) is 22.6. The van der Waals surface area contributed by atoms with Crippen LogP contribution in [0.15, 0.2) is 48.5 Å². The maximum atomic E-state index is 13.1. The van der Waals surface area contributed by atoms with Crippen LogP contribution < -0.4 is 10.6 Å². The van der Waals surface area contributed by atoms with Crippen LogP contribution >= 0.6 is 11.6 Å². The van der Waals surface area contributed by atoms with Crippen LogP contribution in [0, 0.1) is 0 Å². The van der Waals surface area contributed by atoms with Crippen molar-refractivity contribution >= 4 is 23.2 Å². The second kappa shape index (κ2) is 10.8. The maximum Gasteiger partial charge on any atom is 0.255 e. The fraction of sp³-hybridized carbons (Fsp3) is 0.458. The van der Waals surface area contributed by atoms with E-state index in [0.29, 0.717) is 30.3 Å². The number of benzene rings is 2. The van der Waals surface area contributed by atoms with Crippen LogP contribution in [-0.2, 0) is 4.74 Å². The van der Waals surface area contributed by atoms with Gasteiger partial charge in [0.2, 0.25) is 0 Å². The van der Waals surface area contributed by atoms with Crippen LogP contribution in [0.3, 0.4) is 0 Å². The van der Waals surface area contributed by atoms with E-state index in [1.807, 2.05) is 67.3 Å². The summed E-state index contributed by atoms with van der Waals surface area (Å²) in [6.07, 6.45) is 1.86. The summed E-state index contributed by atoms with van der Waals surface area (Å²) in [4.78, 5) is 17.2. The number of nitrogens with zero attached hydrogens (tertiary/aromatic N) is 2. The summed E-state index contributed by atoms with van der Waals surface area (Å²) in [6.45, 7) is 7.48. The molecule has 0 aliphatic carbocycles. The number of ether oxygens (including phenoxy) is 1. The van der Waals surface area contributed by atoms with Gasteiger partial charge in [-0.15, -0.1) is 0 Å². The van der Waals surface area contributed by atoms with Gasteiger partial charge in [0.15, 0.2) is 0 Å². The third-order valence-corrected chi connectivity index (χ3v) is 5.93. The summed E-state index contributed by atoms with van der Waals surface area (Å²) in [6, 6.07) is 16.0. The van der Waals surface area contributed by atoms with Crippen LogP contribution in [-0.4, -0.2) is 49.6 Å². The zero-order valence-electron chi connectivity index (χ0n) is 17.9. The highest BCUT2D eigenvalue weighted by Gasteiger charge is 2.27. The lowest BCUT2D eigenvalue weighted by Crippen LogP contribution is -2.42. The lowest BCUT2D eigenvalue weighted by atomic mass is 10.0. The first-order valence-electron chi connectivity index (χ1n) is 10.9. The van der Waals surface area contributed by atoms with E-state index < -0.39 is 0 Å². The molecule has 4 rings (SSSR count). The number of halogens is 1. The molecule has 1 unspecified atom stereocenters. The Balaban J connectivity index is 0.00000124. The smallest absolute Gasteiger partial charge is 0.255 e. The van der Waals surface area contributed by atoms with Crippen LogP contribution in [0.5, 0.6) is 0 Å². The van der Waals surface area contributed by atoms with Crippen molar-refractivity contribution < 1.29 is 9.53 Å². The Morgan fingerprint density at radius 3 is 2.43 bits per heavy atom. The van der Waals surface area contributed by atoms with E-state index in [1.54, 1.807) is 0 Å². The quantitative estimate of drug-likeness (QED) is 0.779. The van der Waals surface area contributed by atoms with Crippen molar-refractivity contribution in [2.24, 2.45) is 5.73 Å². The van der Waals surface area contributed by atoms with Gasteiger partial charge >= 0.3 is 0 Å². The summed E-state index contributed by atoms with van der Waals surface area (Å²) >= 11 is 6.51. The number of amides is 1. The molecule has 2 saturated heterocycles. The summed E-state index contributed by atoms with van der Waals surface area (Å²) in [5, 5.41) is 0.500. The van der Waals surface area contributed by atoms with Crippen molar-refractivity contribution in [3.05, 3.63) is 64.7 Å². The van der Waals surface area contributed by atoms with Gasteiger partial charge in [-0.1, -0.05) is 55.8 Å². The second-order valence-corrected chi connectivity index (χ2v) is 7.92. The van der Waals surface area contributed by atoms with Gasteiger partial charge in [0.25, 0.3) is 5.91 Å². The Morgan fingerprint density at radius 1 is 1.07 bits per heavy atom. The topological polar surface area (TPSA) is 58.8 Å². The average Bonchev–Trinajstić information content (AvgIpc) is 2.81. The minimum Gasteiger partial charge on any atom is -0.371 e. The third-order valence-electron chi connectivity index (χ3n) is 5.61. The van der Waals surface area contributed by atoms with Crippen molar-refractivity contribution in [1.29, 1.82) is 0 Å². The highest BCUT2D eigenvalue weighted by molar-refractivity contribution is 6.34. The molecule has 0 radical (unpaired) electrons. The lowest BCUT2D eigenvalue weighted by molar-refractivity contribution is -0.0228. The second-order valence-electron chi connectivity index (χ2n) is 7.51. The summed E-state index contributed by atoms with van der Waals surface area (Å²) in [7, 11) is 0. The molecule has 2 aliphatic rings. The minimum atomic E-state index is -0.102. The van der Waals surface area contributed by atoms with Gasteiger partial charge in [-0.2, -0.15) is 0 Å². The molecule has 0 saturated carbocycles. The Morgan fingerprint density at radius 2 is 1.77 bits per heavy atom. The number of morpholine rings is 1. The average molecular weight is 430 g/mol. The fourth-order valence-electron chi connectivity index (χ4n) is 3.91. The third kappa shape index (κ3) is 5.34. The maximum absolute atomic E-state index is 13.1. The van der Waals surface area contributed by atoms with E-state index in [4.69, 9.17) is 22.1 Å². The molecule has 2 N–H and O–H groups in total. The molecule has 0 aromatic heterocycles. The molecule has 5 nitrogen and oxygen atoms in total. The first-order valence-corrected chi connectivity index (χ1v) is 11.3. The zero-order valence-corrected chi connectivity index (χ0v) is 18.6. The normalized spacial score (nSPS) is 19.8. The number of nitrogens with two attached hydrogens (primary N) is 1. The van der Waals surface area contributed by atoms with Gasteiger partial charge in [0, 0.05) is 31.4 Å². The van der Waals surface area contributed by atoms with Gasteiger partial charge in [-0.3, -0.25) is 4.79 Å². The van der Waals surface area contributed by atoms with Gasteiger partial charge in [0.1, 0.15) is 6.10 Å². The van der Waals surface area contributed by atoms with Crippen LogP contribution in [0.4, 0.5) is 5.69 Å². The molecule has 162 valence electrons. The van der Waals surface area contributed by atoms with E-state index >= 15 is 0 Å². The van der Waals surface area contributed by atoms with Gasteiger partial charge in [-0.25, -0.2) is 0 Å². The van der Waals surface area contributed by atoms with Gasteiger partial charge in [-0.05, 0) is 36.6 Å². The van der Waals surface area contributed by atoms with Crippen molar-refractivity contribution in [3.63, 3.8) is 0 Å². The number of hydrogen-bond donors (Lipinski definition) is 1. The molecule has 2 aromatic carbocycles. The number of rotatable bonds is 3. The van der Waals surface area contributed by atoms with E-state index in [1.165, 1.54) is 0 Å². The Hall–Kier alpha value is -2.08. The summed E-state index contributed by atoms with van der Waals surface area (Å²) < 4.78 is 5.87. The monoisotopic (exact) mass is 429 g/mol. The Bertz CT molecular complexity index is 822. The summed E-state index contributed by atoms with van der Waals surface area (Å²) in [5.41, 5.74) is 8.68. The molecule has 2 heterocycles. The van der Waals surface area contributed by atoms with Crippen LogP contribution in [0.1, 0.15) is 48.7 Å². The van der Waals surface area contributed by atoms with Crippen molar-refractivity contribution in [1.82, 2.24) is 4.90 Å². The molecule has 2 aliphatic heterocycles. The predicted octanol–water partition coefficient (Wildman–Crippen LogP) is 4.51. The first-order chi connectivity index (χ1) is 14.6. The van der Waals surface area contributed by atoms with E-state index in [2.05, 4.69) is 4.90 Å². The molecular formula is C24H32ClN3O2.